The maximum atomic E-state index is 12.9. The average molecular weight is 352 g/mol. The highest BCUT2D eigenvalue weighted by atomic mass is 16.5. The molecule has 1 saturated heterocycles. The Labute approximate surface area is 153 Å². The number of rotatable bonds is 2. The van der Waals surface area contributed by atoms with Crippen molar-refractivity contribution < 1.29 is 14.6 Å². The number of para-hydroxylation sites is 1. The van der Waals surface area contributed by atoms with Gasteiger partial charge >= 0.3 is 0 Å². The zero-order valence-corrected chi connectivity index (χ0v) is 15.0. The number of carbonyl (C=O) groups excluding carboxylic acids is 1. The van der Waals surface area contributed by atoms with Crippen LogP contribution in [0.4, 0.5) is 0 Å². The Morgan fingerprint density at radius 1 is 1.23 bits per heavy atom. The van der Waals surface area contributed by atoms with Crippen molar-refractivity contribution in [1.82, 2.24) is 9.88 Å². The quantitative estimate of drug-likeness (QED) is 0.902. The lowest BCUT2D eigenvalue weighted by Gasteiger charge is -2.39. The standard InChI is InChI=1S/C21H24N2O3/c1-15-6-7-19(22-13-15)21(25)8-10-23(11-9-21)20(24)17-12-16-4-2-3-5-18(16)26-14-17/h2-7,13,17,25H,8-12,14H2,1H3/t17-/m0/s1. The topological polar surface area (TPSA) is 62.7 Å². The Hall–Kier alpha value is -2.40. The summed E-state index contributed by atoms with van der Waals surface area (Å²) < 4.78 is 5.76. The van der Waals surface area contributed by atoms with E-state index in [1.54, 1.807) is 6.20 Å². The second-order valence-electron chi connectivity index (χ2n) is 7.40. The molecule has 5 heteroatoms. The molecule has 0 aliphatic carbocycles. The average Bonchev–Trinajstić information content (AvgIpc) is 2.68. The molecule has 0 saturated carbocycles. The van der Waals surface area contributed by atoms with Gasteiger partial charge in [-0.25, -0.2) is 0 Å². The molecule has 1 atom stereocenters. The van der Waals surface area contributed by atoms with Gasteiger partial charge in [0.25, 0.3) is 0 Å². The third-order valence-electron chi connectivity index (χ3n) is 5.52. The molecular formula is C21H24N2O3. The molecule has 1 aromatic heterocycles. The first-order valence-electron chi connectivity index (χ1n) is 9.20. The number of piperidine rings is 1. The van der Waals surface area contributed by atoms with E-state index < -0.39 is 5.60 Å². The number of likely N-dealkylation sites (tertiary alicyclic amines) is 1. The first-order valence-corrected chi connectivity index (χ1v) is 9.20. The lowest BCUT2D eigenvalue weighted by atomic mass is 9.86. The van der Waals surface area contributed by atoms with E-state index in [9.17, 15) is 9.90 Å². The van der Waals surface area contributed by atoms with Crippen LogP contribution in [-0.4, -0.2) is 40.6 Å². The zero-order chi connectivity index (χ0) is 18.1. The largest absolute Gasteiger partial charge is 0.492 e. The molecule has 2 aliphatic heterocycles. The molecule has 1 aromatic carbocycles. The lowest BCUT2D eigenvalue weighted by molar-refractivity contribution is -0.141. The van der Waals surface area contributed by atoms with Crippen molar-refractivity contribution in [2.75, 3.05) is 19.7 Å². The van der Waals surface area contributed by atoms with Gasteiger partial charge in [-0.15, -0.1) is 0 Å². The third-order valence-corrected chi connectivity index (χ3v) is 5.52. The van der Waals surface area contributed by atoms with E-state index in [0.29, 0.717) is 38.2 Å². The van der Waals surface area contributed by atoms with E-state index >= 15 is 0 Å². The Balaban J connectivity index is 1.40. The monoisotopic (exact) mass is 352 g/mol. The van der Waals surface area contributed by atoms with Crippen LogP contribution in [0.3, 0.4) is 0 Å². The van der Waals surface area contributed by atoms with Crippen LogP contribution in [0.25, 0.3) is 0 Å². The number of benzene rings is 1. The third kappa shape index (κ3) is 3.19. The minimum atomic E-state index is -0.944. The van der Waals surface area contributed by atoms with Crippen molar-refractivity contribution in [1.29, 1.82) is 0 Å². The Morgan fingerprint density at radius 3 is 2.73 bits per heavy atom. The summed E-state index contributed by atoms with van der Waals surface area (Å²) in [5.41, 5.74) is 1.92. The molecule has 136 valence electrons. The van der Waals surface area contributed by atoms with Gasteiger partial charge in [0, 0.05) is 19.3 Å². The van der Waals surface area contributed by atoms with Gasteiger partial charge in [-0.05, 0) is 49.4 Å². The number of fused-ring (bicyclic) bond motifs is 1. The predicted molar refractivity (Wildman–Crippen MR) is 97.8 cm³/mol. The molecule has 2 aliphatic rings. The van der Waals surface area contributed by atoms with Gasteiger partial charge in [0.2, 0.25) is 5.91 Å². The summed E-state index contributed by atoms with van der Waals surface area (Å²) in [6.07, 6.45) is 3.52. The molecule has 0 radical (unpaired) electrons. The van der Waals surface area contributed by atoms with Crippen molar-refractivity contribution in [2.24, 2.45) is 5.92 Å². The first kappa shape index (κ1) is 17.0. The summed E-state index contributed by atoms with van der Waals surface area (Å²) in [5, 5.41) is 10.9. The molecule has 0 unspecified atom stereocenters. The van der Waals surface area contributed by atoms with Gasteiger partial charge in [0.1, 0.15) is 18.0 Å². The molecular weight excluding hydrogens is 328 g/mol. The normalized spacial score (nSPS) is 21.6. The highest BCUT2D eigenvalue weighted by Crippen LogP contribution is 2.33. The summed E-state index contributed by atoms with van der Waals surface area (Å²) in [7, 11) is 0. The highest BCUT2D eigenvalue weighted by Gasteiger charge is 2.38. The van der Waals surface area contributed by atoms with Crippen LogP contribution in [0.15, 0.2) is 42.6 Å². The minimum Gasteiger partial charge on any atom is -0.492 e. The SMILES string of the molecule is Cc1ccc(C2(O)CCN(C(=O)[C@@H]3COc4ccccc4C3)CC2)nc1. The molecule has 0 spiro atoms. The Kier molecular flexibility index (Phi) is 4.41. The fraction of sp³-hybridized carbons (Fsp3) is 0.429. The number of amides is 1. The van der Waals surface area contributed by atoms with Gasteiger partial charge in [-0.2, -0.15) is 0 Å². The zero-order valence-electron chi connectivity index (χ0n) is 15.0. The molecule has 2 aromatic rings. The van der Waals surface area contributed by atoms with E-state index in [-0.39, 0.29) is 11.8 Å². The molecule has 1 fully saturated rings. The van der Waals surface area contributed by atoms with E-state index in [4.69, 9.17) is 4.74 Å². The van der Waals surface area contributed by atoms with Crippen LogP contribution in [-0.2, 0) is 16.8 Å². The van der Waals surface area contributed by atoms with Crippen LogP contribution in [0.2, 0.25) is 0 Å². The highest BCUT2D eigenvalue weighted by molar-refractivity contribution is 5.80. The van der Waals surface area contributed by atoms with Crippen molar-refractivity contribution in [3.8, 4) is 5.75 Å². The number of aliphatic hydroxyl groups is 1. The van der Waals surface area contributed by atoms with Gasteiger partial charge in [0.15, 0.2) is 0 Å². The van der Waals surface area contributed by atoms with Crippen molar-refractivity contribution in [3.63, 3.8) is 0 Å². The van der Waals surface area contributed by atoms with E-state index in [1.807, 2.05) is 48.2 Å². The van der Waals surface area contributed by atoms with Crippen molar-refractivity contribution in [2.45, 2.75) is 31.8 Å². The number of pyridine rings is 1. The van der Waals surface area contributed by atoms with Gasteiger partial charge in [0.05, 0.1) is 11.6 Å². The van der Waals surface area contributed by atoms with Crippen LogP contribution < -0.4 is 4.74 Å². The summed E-state index contributed by atoms with van der Waals surface area (Å²) in [6, 6.07) is 11.8. The summed E-state index contributed by atoms with van der Waals surface area (Å²) in [4.78, 5) is 19.2. The molecule has 26 heavy (non-hydrogen) atoms. The van der Waals surface area contributed by atoms with E-state index in [1.165, 1.54) is 0 Å². The number of aryl methyl sites for hydroxylation is 1. The van der Waals surface area contributed by atoms with Crippen molar-refractivity contribution >= 4 is 5.91 Å². The Morgan fingerprint density at radius 2 is 2.00 bits per heavy atom. The molecule has 0 bridgehead atoms. The summed E-state index contributed by atoms with van der Waals surface area (Å²) >= 11 is 0. The number of ether oxygens (including phenoxy) is 1. The number of hydrogen-bond acceptors (Lipinski definition) is 4. The second-order valence-corrected chi connectivity index (χ2v) is 7.40. The van der Waals surface area contributed by atoms with E-state index in [2.05, 4.69) is 4.98 Å². The number of hydrogen-bond donors (Lipinski definition) is 1. The predicted octanol–water partition coefficient (Wildman–Crippen LogP) is 2.45. The van der Waals surface area contributed by atoms with Crippen LogP contribution in [0.5, 0.6) is 5.75 Å². The van der Waals surface area contributed by atoms with Crippen LogP contribution in [0.1, 0.15) is 29.7 Å². The smallest absolute Gasteiger partial charge is 0.229 e. The maximum absolute atomic E-state index is 12.9. The number of nitrogens with zero attached hydrogens (tertiary/aromatic N) is 2. The molecule has 1 N–H and O–H groups in total. The molecule has 4 rings (SSSR count). The lowest BCUT2D eigenvalue weighted by Crippen LogP contribution is -2.49. The number of carbonyl (C=O) groups is 1. The van der Waals surface area contributed by atoms with Gasteiger partial charge < -0.3 is 14.7 Å². The van der Waals surface area contributed by atoms with Gasteiger partial charge in [-0.3, -0.25) is 9.78 Å². The second kappa shape index (κ2) is 6.72. The van der Waals surface area contributed by atoms with Crippen LogP contribution >= 0.6 is 0 Å². The fourth-order valence-electron chi connectivity index (χ4n) is 3.84. The molecule has 1 amide bonds. The first-order chi connectivity index (χ1) is 12.5. The Bertz CT molecular complexity index is 795. The van der Waals surface area contributed by atoms with Crippen LogP contribution in [0, 0.1) is 12.8 Å². The summed E-state index contributed by atoms with van der Waals surface area (Å²) in [5.74, 6) is 0.863. The maximum Gasteiger partial charge on any atom is 0.229 e. The molecule has 5 nitrogen and oxygen atoms in total. The number of aromatic nitrogens is 1. The van der Waals surface area contributed by atoms with Gasteiger partial charge in [-0.1, -0.05) is 24.3 Å². The summed E-state index contributed by atoms with van der Waals surface area (Å²) in [6.45, 7) is 3.49. The van der Waals surface area contributed by atoms with Crippen molar-refractivity contribution in [3.05, 3.63) is 59.4 Å². The fourth-order valence-corrected chi connectivity index (χ4v) is 3.84. The molecule has 3 heterocycles. The minimum absolute atomic E-state index is 0.124. The van der Waals surface area contributed by atoms with E-state index in [0.717, 1.165) is 23.3 Å².